The van der Waals surface area contributed by atoms with Gasteiger partial charge < -0.3 is 21.5 Å². The zero-order chi connectivity index (χ0) is 18.8. The van der Waals surface area contributed by atoms with Gasteiger partial charge in [0.05, 0.1) is 13.1 Å². The minimum absolute atomic E-state index is 0.132. The number of aromatic nitrogens is 1. The zero-order valence-electron chi connectivity index (χ0n) is 14.1. The van der Waals surface area contributed by atoms with E-state index in [-0.39, 0.29) is 30.7 Å². The minimum Gasteiger partial charge on any atom is -0.427 e. The van der Waals surface area contributed by atoms with E-state index in [4.69, 9.17) is 16.2 Å². The summed E-state index contributed by atoms with van der Waals surface area (Å²) in [6.45, 7) is 0.199. The number of para-hydroxylation sites is 1. The van der Waals surface area contributed by atoms with Crippen LogP contribution in [0.2, 0.25) is 0 Å². The Morgan fingerprint density at radius 2 is 1.92 bits per heavy atom. The van der Waals surface area contributed by atoms with Crippen LogP contribution < -0.4 is 21.5 Å². The van der Waals surface area contributed by atoms with Crippen LogP contribution in [-0.4, -0.2) is 29.9 Å². The van der Waals surface area contributed by atoms with E-state index in [0.29, 0.717) is 30.2 Å². The van der Waals surface area contributed by atoms with Crippen LogP contribution in [-0.2, 0) is 9.59 Å². The number of amides is 1. The van der Waals surface area contributed by atoms with Crippen LogP contribution in [0.1, 0.15) is 12.8 Å². The van der Waals surface area contributed by atoms with Crippen molar-refractivity contribution in [2.24, 2.45) is 16.0 Å². The molecule has 1 heterocycles. The zero-order valence-corrected chi connectivity index (χ0v) is 14.1. The molecule has 2 rings (SSSR count). The smallest absolute Gasteiger partial charge is 0.311 e. The Hall–Kier alpha value is -3.33. The second kappa shape index (κ2) is 9.84. The molecule has 1 amide bonds. The number of hydrogen-bond acceptors (Lipinski definition) is 8. The highest BCUT2D eigenvalue weighted by atomic mass is 16.5. The topological polar surface area (TPSA) is 145 Å². The van der Waals surface area contributed by atoms with Gasteiger partial charge in [0.2, 0.25) is 5.91 Å². The van der Waals surface area contributed by atoms with Gasteiger partial charge in [-0.05, 0) is 30.7 Å². The first-order valence-electron chi connectivity index (χ1n) is 7.98. The maximum absolute atomic E-state index is 11.7. The Bertz CT molecular complexity index is 779. The first-order valence-corrected chi connectivity index (χ1v) is 7.98. The summed E-state index contributed by atoms with van der Waals surface area (Å²) in [6, 6.07) is 12.0. The first-order chi connectivity index (χ1) is 12.6. The molecule has 0 aliphatic heterocycles. The number of pyridine rings is 1. The molecule has 0 radical (unpaired) electrons. The molecule has 0 saturated heterocycles. The summed E-state index contributed by atoms with van der Waals surface area (Å²) < 4.78 is 5.17. The monoisotopic (exact) mass is 356 g/mol. The van der Waals surface area contributed by atoms with E-state index < -0.39 is 0 Å². The van der Waals surface area contributed by atoms with E-state index in [1.165, 1.54) is 0 Å². The molecular weight excluding hydrogens is 336 g/mol. The van der Waals surface area contributed by atoms with Gasteiger partial charge in [-0.2, -0.15) is 10.2 Å². The second-order valence-electron chi connectivity index (χ2n) is 5.21. The molecule has 1 aromatic carbocycles. The standard InChI is InChI=1S/C17H20N6O3/c18-11-15(24)21-14-9-8-13(17(19)22-14)23-20-10-4-7-16(25)26-12-5-2-1-3-6-12/h1-3,5-6,8-9H,4,7,10-11,18H2,(H3,19,21,22,24). The molecule has 0 spiro atoms. The highest BCUT2D eigenvalue weighted by molar-refractivity contribution is 5.91. The average Bonchev–Trinajstić information content (AvgIpc) is 2.63. The molecule has 0 aliphatic carbocycles. The van der Waals surface area contributed by atoms with Crippen LogP contribution in [0.4, 0.5) is 17.3 Å². The number of anilines is 2. The van der Waals surface area contributed by atoms with Crippen molar-refractivity contribution in [1.82, 2.24) is 4.98 Å². The fraction of sp³-hybridized carbons (Fsp3) is 0.235. The quantitative estimate of drug-likeness (QED) is 0.285. The van der Waals surface area contributed by atoms with Crippen molar-refractivity contribution >= 4 is 29.2 Å². The summed E-state index contributed by atoms with van der Waals surface area (Å²) in [4.78, 5) is 26.9. The van der Waals surface area contributed by atoms with Gasteiger partial charge in [-0.3, -0.25) is 9.59 Å². The minimum atomic E-state index is -0.367. The van der Waals surface area contributed by atoms with Gasteiger partial charge >= 0.3 is 5.97 Å². The number of rotatable bonds is 8. The molecule has 9 heteroatoms. The molecule has 9 nitrogen and oxygen atoms in total. The maximum Gasteiger partial charge on any atom is 0.311 e. The molecule has 0 aliphatic rings. The van der Waals surface area contributed by atoms with Crippen molar-refractivity contribution < 1.29 is 14.3 Å². The normalized spacial score (nSPS) is 10.7. The summed E-state index contributed by atoms with van der Waals surface area (Å²) in [7, 11) is 0. The molecule has 136 valence electrons. The number of carbonyl (C=O) groups is 2. The summed E-state index contributed by atoms with van der Waals surface area (Å²) in [6.07, 6.45) is 0.721. The van der Waals surface area contributed by atoms with Gasteiger partial charge in [0.25, 0.3) is 0 Å². The molecule has 0 atom stereocenters. The number of carbonyl (C=O) groups excluding carboxylic acids is 2. The van der Waals surface area contributed by atoms with Crippen LogP contribution in [0.15, 0.2) is 52.7 Å². The van der Waals surface area contributed by atoms with Crippen molar-refractivity contribution in [3.63, 3.8) is 0 Å². The van der Waals surface area contributed by atoms with Crippen LogP contribution in [0.5, 0.6) is 5.75 Å². The second-order valence-corrected chi connectivity index (χ2v) is 5.21. The first kappa shape index (κ1) is 19.0. The fourth-order valence-corrected chi connectivity index (χ4v) is 1.91. The number of azo groups is 1. The van der Waals surface area contributed by atoms with Crippen molar-refractivity contribution in [1.29, 1.82) is 0 Å². The van der Waals surface area contributed by atoms with Gasteiger partial charge in [-0.15, -0.1) is 0 Å². The van der Waals surface area contributed by atoms with Crippen LogP contribution >= 0.6 is 0 Å². The van der Waals surface area contributed by atoms with Crippen LogP contribution in [0, 0.1) is 0 Å². The predicted octanol–water partition coefficient (Wildman–Crippen LogP) is 2.03. The molecule has 0 unspecified atom stereocenters. The Kier molecular flexibility index (Phi) is 7.19. The molecular formula is C17H20N6O3. The Morgan fingerprint density at radius 1 is 1.15 bits per heavy atom. The lowest BCUT2D eigenvalue weighted by molar-refractivity contribution is -0.134. The molecule has 0 fully saturated rings. The molecule has 0 saturated carbocycles. The molecule has 5 N–H and O–H groups in total. The van der Waals surface area contributed by atoms with E-state index in [2.05, 4.69) is 20.5 Å². The number of nitrogens with one attached hydrogen (secondary N) is 1. The van der Waals surface area contributed by atoms with Gasteiger partial charge in [-0.25, -0.2) is 4.98 Å². The lowest BCUT2D eigenvalue weighted by Gasteiger charge is -2.04. The number of nitrogens with zero attached hydrogens (tertiary/aromatic N) is 3. The number of hydrogen-bond donors (Lipinski definition) is 3. The van der Waals surface area contributed by atoms with E-state index in [1.807, 2.05) is 6.07 Å². The van der Waals surface area contributed by atoms with Gasteiger partial charge in [0, 0.05) is 6.42 Å². The van der Waals surface area contributed by atoms with Gasteiger partial charge in [-0.1, -0.05) is 18.2 Å². The lowest BCUT2D eigenvalue weighted by atomic mass is 10.3. The number of benzene rings is 1. The molecule has 0 bridgehead atoms. The predicted molar refractivity (Wildman–Crippen MR) is 97.0 cm³/mol. The van der Waals surface area contributed by atoms with E-state index in [1.54, 1.807) is 36.4 Å². The average molecular weight is 356 g/mol. The van der Waals surface area contributed by atoms with E-state index in [0.717, 1.165) is 0 Å². The third-order valence-electron chi connectivity index (χ3n) is 3.15. The Balaban J connectivity index is 1.76. The molecule has 26 heavy (non-hydrogen) atoms. The summed E-state index contributed by atoms with van der Waals surface area (Å²) in [5, 5.41) is 10.4. The van der Waals surface area contributed by atoms with Crippen molar-refractivity contribution in [3.8, 4) is 5.75 Å². The van der Waals surface area contributed by atoms with Crippen molar-refractivity contribution in [2.75, 3.05) is 24.1 Å². The van der Waals surface area contributed by atoms with Crippen LogP contribution in [0.3, 0.4) is 0 Å². The van der Waals surface area contributed by atoms with E-state index in [9.17, 15) is 9.59 Å². The SMILES string of the molecule is NCC(=O)Nc1ccc(N=NCCCC(=O)Oc2ccccc2)c(N)n1. The third kappa shape index (κ3) is 6.29. The van der Waals surface area contributed by atoms with E-state index >= 15 is 0 Å². The molecule has 2 aromatic rings. The van der Waals surface area contributed by atoms with Crippen LogP contribution in [0.25, 0.3) is 0 Å². The van der Waals surface area contributed by atoms with Crippen molar-refractivity contribution in [2.45, 2.75) is 12.8 Å². The largest absolute Gasteiger partial charge is 0.427 e. The third-order valence-corrected chi connectivity index (χ3v) is 3.15. The Labute approximate surface area is 150 Å². The number of ether oxygens (including phenoxy) is 1. The number of nitrogen functional groups attached to an aromatic ring is 1. The number of esters is 1. The lowest BCUT2D eigenvalue weighted by Crippen LogP contribution is -2.22. The van der Waals surface area contributed by atoms with Gasteiger partial charge in [0.1, 0.15) is 17.3 Å². The molecule has 1 aromatic heterocycles. The highest BCUT2D eigenvalue weighted by Crippen LogP contribution is 2.22. The number of nitrogens with two attached hydrogens (primary N) is 2. The maximum atomic E-state index is 11.7. The van der Waals surface area contributed by atoms with Gasteiger partial charge in [0.15, 0.2) is 5.82 Å². The fourth-order valence-electron chi connectivity index (χ4n) is 1.91. The summed E-state index contributed by atoms with van der Waals surface area (Å²) in [5.41, 5.74) is 11.4. The van der Waals surface area contributed by atoms with Crippen molar-refractivity contribution in [3.05, 3.63) is 42.5 Å². The summed E-state index contributed by atoms with van der Waals surface area (Å²) in [5.74, 6) is 0.244. The summed E-state index contributed by atoms with van der Waals surface area (Å²) >= 11 is 0. The Morgan fingerprint density at radius 3 is 2.62 bits per heavy atom. The highest BCUT2D eigenvalue weighted by Gasteiger charge is 2.06.